The van der Waals surface area contributed by atoms with Gasteiger partial charge in [-0.1, -0.05) is 24.3 Å². The van der Waals surface area contributed by atoms with Gasteiger partial charge in [-0.05, 0) is 24.0 Å². The van der Waals surface area contributed by atoms with Crippen LogP contribution in [0.3, 0.4) is 0 Å². The van der Waals surface area contributed by atoms with E-state index >= 15 is 0 Å². The zero-order chi connectivity index (χ0) is 12.9. The van der Waals surface area contributed by atoms with Gasteiger partial charge in [-0.2, -0.15) is 0 Å². The molecule has 2 fully saturated rings. The van der Waals surface area contributed by atoms with Crippen molar-refractivity contribution in [2.24, 2.45) is 0 Å². The molecule has 0 saturated carbocycles. The maximum absolute atomic E-state index is 5.49. The predicted molar refractivity (Wildman–Crippen MR) is 77.6 cm³/mol. The van der Waals surface area contributed by atoms with E-state index in [4.69, 9.17) is 4.74 Å². The van der Waals surface area contributed by atoms with Crippen molar-refractivity contribution in [2.45, 2.75) is 18.8 Å². The lowest BCUT2D eigenvalue weighted by molar-refractivity contribution is 0.194. The average Bonchev–Trinajstić information content (AvgIpc) is 3.01. The van der Waals surface area contributed by atoms with E-state index in [9.17, 15) is 0 Å². The standard InChI is InChI=1S/C16H24N2O/c1-2-14(4-8-18-9-6-17-7-10-18)12-15(3-1)16-5-11-19-13-16/h1-3,12,16-17H,4-11,13H2. The number of ether oxygens (including phenoxy) is 1. The van der Waals surface area contributed by atoms with Crippen LogP contribution in [0.4, 0.5) is 0 Å². The number of hydrogen-bond donors (Lipinski definition) is 1. The van der Waals surface area contributed by atoms with Crippen molar-refractivity contribution in [1.82, 2.24) is 10.2 Å². The highest BCUT2D eigenvalue weighted by atomic mass is 16.5. The minimum Gasteiger partial charge on any atom is -0.381 e. The lowest BCUT2D eigenvalue weighted by atomic mass is 9.96. The molecule has 1 N–H and O–H groups in total. The molecule has 3 nitrogen and oxygen atoms in total. The Bertz CT molecular complexity index is 395. The van der Waals surface area contributed by atoms with Crippen LogP contribution in [0.25, 0.3) is 0 Å². The normalized spacial score (nSPS) is 24.7. The summed E-state index contributed by atoms with van der Waals surface area (Å²) in [5.74, 6) is 0.624. The molecule has 0 spiro atoms. The molecule has 0 radical (unpaired) electrons. The molecule has 104 valence electrons. The summed E-state index contributed by atoms with van der Waals surface area (Å²) < 4.78 is 5.49. The van der Waals surface area contributed by atoms with Gasteiger partial charge in [-0.25, -0.2) is 0 Å². The molecule has 1 aromatic carbocycles. The number of piperazine rings is 1. The molecule has 2 aliphatic rings. The lowest BCUT2D eigenvalue weighted by Gasteiger charge is -2.27. The molecule has 1 atom stereocenters. The molecule has 0 aliphatic carbocycles. The number of hydrogen-bond acceptors (Lipinski definition) is 3. The van der Waals surface area contributed by atoms with Crippen molar-refractivity contribution in [2.75, 3.05) is 45.9 Å². The van der Waals surface area contributed by atoms with E-state index in [1.807, 2.05) is 0 Å². The number of benzene rings is 1. The van der Waals surface area contributed by atoms with Gasteiger partial charge in [0, 0.05) is 45.2 Å². The second-order valence-electron chi connectivity index (χ2n) is 5.65. The quantitative estimate of drug-likeness (QED) is 0.890. The third kappa shape index (κ3) is 3.56. The van der Waals surface area contributed by atoms with Crippen molar-refractivity contribution in [1.29, 1.82) is 0 Å². The Morgan fingerprint density at radius 2 is 2.16 bits per heavy atom. The zero-order valence-corrected chi connectivity index (χ0v) is 11.6. The number of rotatable bonds is 4. The highest BCUT2D eigenvalue weighted by Gasteiger charge is 2.17. The van der Waals surface area contributed by atoms with E-state index in [1.165, 1.54) is 43.6 Å². The fourth-order valence-corrected chi connectivity index (χ4v) is 3.02. The third-order valence-corrected chi connectivity index (χ3v) is 4.28. The van der Waals surface area contributed by atoms with Crippen LogP contribution in [-0.4, -0.2) is 50.8 Å². The smallest absolute Gasteiger partial charge is 0.0535 e. The van der Waals surface area contributed by atoms with Gasteiger partial charge in [0.05, 0.1) is 6.61 Å². The molecule has 2 heterocycles. The zero-order valence-electron chi connectivity index (χ0n) is 11.6. The molecule has 3 rings (SSSR count). The van der Waals surface area contributed by atoms with Gasteiger partial charge in [0.1, 0.15) is 0 Å². The summed E-state index contributed by atoms with van der Waals surface area (Å²) in [6.45, 7) is 7.68. The van der Waals surface area contributed by atoms with Crippen LogP contribution in [-0.2, 0) is 11.2 Å². The van der Waals surface area contributed by atoms with Gasteiger partial charge in [0.15, 0.2) is 0 Å². The second-order valence-corrected chi connectivity index (χ2v) is 5.65. The Balaban J connectivity index is 1.56. The molecule has 3 heteroatoms. The largest absolute Gasteiger partial charge is 0.381 e. The highest BCUT2D eigenvalue weighted by molar-refractivity contribution is 5.27. The summed E-state index contributed by atoms with van der Waals surface area (Å²) >= 11 is 0. The number of nitrogens with zero attached hydrogens (tertiary/aromatic N) is 1. The van der Waals surface area contributed by atoms with Crippen LogP contribution in [0.2, 0.25) is 0 Å². The van der Waals surface area contributed by atoms with Crippen molar-refractivity contribution in [3.63, 3.8) is 0 Å². The summed E-state index contributed by atoms with van der Waals surface area (Å²) in [6, 6.07) is 9.12. The van der Waals surface area contributed by atoms with Crippen molar-refractivity contribution >= 4 is 0 Å². The van der Waals surface area contributed by atoms with Crippen LogP contribution >= 0.6 is 0 Å². The first kappa shape index (κ1) is 13.1. The molecular weight excluding hydrogens is 236 g/mol. The average molecular weight is 260 g/mol. The summed E-state index contributed by atoms with van der Waals surface area (Å²) in [4.78, 5) is 2.56. The van der Waals surface area contributed by atoms with E-state index in [2.05, 4.69) is 34.5 Å². The van der Waals surface area contributed by atoms with Gasteiger partial charge < -0.3 is 15.0 Å². The summed E-state index contributed by atoms with van der Waals surface area (Å²) in [6.07, 6.45) is 2.35. The van der Waals surface area contributed by atoms with Crippen LogP contribution in [0.5, 0.6) is 0 Å². The Morgan fingerprint density at radius 3 is 2.95 bits per heavy atom. The first-order valence-electron chi connectivity index (χ1n) is 7.51. The first-order chi connectivity index (χ1) is 9.42. The van der Waals surface area contributed by atoms with Crippen LogP contribution in [0.15, 0.2) is 24.3 Å². The molecule has 1 unspecified atom stereocenters. The fraction of sp³-hybridized carbons (Fsp3) is 0.625. The summed E-state index contributed by atoms with van der Waals surface area (Å²) in [5.41, 5.74) is 2.94. The lowest BCUT2D eigenvalue weighted by Crippen LogP contribution is -2.44. The van der Waals surface area contributed by atoms with Crippen molar-refractivity contribution in [3.8, 4) is 0 Å². The first-order valence-corrected chi connectivity index (χ1v) is 7.51. The second kappa shape index (κ2) is 6.51. The fourth-order valence-electron chi connectivity index (χ4n) is 3.02. The van der Waals surface area contributed by atoms with E-state index in [0.29, 0.717) is 5.92 Å². The molecule has 19 heavy (non-hydrogen) atoms. The van der Waals surface area contributed by atoms with Crippen LogP contribution < -0.4 is 5.32 Å². The maximum atomic E-state index is 5.49. The van der Waals surface area contributed by atoms with Crippen LogP contribution in [0.1, 0.15) is 23.5 Å². The van der Waals surface area contributed by atoms with Gasteiger partial charge in [-0.3, -0.25) is 0 Å². The molecule has 1 aromatic rings. The van der Waals surface area contributed by atoms with Gasteiger partial charge in [-0.15, -0.1) is 0 Å². The Morgan fingerprint density at radius 1 is 1.26 bits per heavy atom. The van der Waals surface area contributed by atoms with Gasteiger partial charge >= 0.3 is 0 Å². The van der Waals surface area contributed by atoms with E-state index in [1.54, 1.807) is 0 Å². The van der Waals surface area contributed by atoms with E-state index in [0.717, 1.165) is 26.3 Å². The Labute approximate surface area is 115 Å². The predicted octanol–water partition coefficient (Wildman–Crippen LogP) is 1.64. The minimum absolute atomic E-state index is 0.624. The van der Waals surface area contributed by atoms with Crippen LogP contribution in [0, 0.1) is 0 Å². The topological polar surface area (TPSA) is 24.5 Å². The summed E-state index contributed by atoms with van der Waals surface area (Å²) in [5, 5.41) is 3.40. The SMILES string of the molecule is c1cc(CCN2CCNCC2)cc(C2CCOC2)c1. The van der Waals surface area contributed by atoms with E-state index in [-0.39, 0.29) is 0 Å². The molecule has 0 bridgehead atoms. The van der Waals surface area contributed by atoms with Crippen molar-refractivity contribution < 1.29 is 4.74 Å². The van der Waals surface area contributed by atoms with Gasteiger partial charge in [0.2, 0.25) is 0 Å². The van der Waals surface area contributed by atoms with E-state index < -0.39 is 0 Å². The number of nitrogens with one attached hydrogen (secondary N) is 1. The summed E-state index contributed by atoms with van der Waals surface area (Å²) in [7, 11) is 0. The highest BCUT2D eigenvalue weighted by Crippen LogP contribution is 2.25. The van der Waals surface area contributed by atoms with Crippen molar-refractivity contribution in [3.05, 3.63) is 35.4 Å². The van der Waals surface area contributed by atoms with Gasteiger partial charge in [0.25, 0.3) is 0 Å². The monoisotopic (exact) mass is 260 g/mol. The molecule has 2 aliphatic heterocycles. The molecular formula is C16H24N2O. The third-order valence-electron chi connectivity index (χ3n) is 4.28. The Kier molecular flexibility index (Phi) is 4.49. The molecule has 0 amide bonds. The Hall–Kier alpha value is -0.900. The molecule has 0 aromatic heterocycles. The molecule has 2 saturated heterocycles. The maximum Gasteiger partial charge on any atom is 0.0535 e. The minimum atomic E-state index is 0.624.